The summed E-state index contributed by atoms with van der Waals surface area (Å²) in [4.78, 5) is 44.3. The van der Waals surface area contributed by atoms with Gasteiger partial charge in [0.1, 0.15) is 5.52 Å². The molecule has 5 aromatic rings. The van der Waals surface area contributed by atoms with Crippen molar-refractivity contribution in [3.8, 4) is 11.3 Å². The van der Waals surface area contributed by atoms with Gasteiger partial charge in [-0.2, -0.15) is 0 Å². The van der Waals surface area contributed by atoms with Gasteiger partial charge in [0.05, 0.1) is 28.6 Å². The lowest BCUT2D eigenvalue weighted by Crippen LogP contribution is -2.49. The van der Waals surface area contributed by atoms with E-state index in [4.69, 9.17) is 8.94 Å². The minimum Gasteiger partial charge on any atom is -0.459 e. The molecule has 1 amide bonds. The van der Waals surface area contributed by atoms with Crippen molar-refractivity contribution in [3.63, 3.8) is 0 Å². The first kappa shape index (κ1) is 24.6. The summed E-state index contributed by atoms with van der Waals surface area (Å²) < 4.78 is 11.3. The standard InChI is InChI=1S/C31H27N7O4/c39-28-20-5-1-2-6-21(20)29-26-25(28)22(35-10-14-37(15-11-35)30(40)24-7-3-18-41-24)19-23(27(26)34-42-29)36-12-16-38(17-13-36)31-32-8-4-9-33-31/h1-9,18-19H,10-17H2. The SMILES string of the molecule is O=C1c2ccccc2-c2onc3c(N4CCN(c5ncccn5)CC4)cc(N4CCN(C(=O)c5ccco5)CC4)c1c23. The Balaban J connectivity index is 1.17. The molecule has 0 atom stereocenters. The predicted molar refractivity (Wildman–Crippen MR) is 156 cm³/mol. The molecule has 2 fully saturated rings. The highest BCUT2D eigenvalue weighted by Gasteiger charge is 2.36. The second-order valence-corrected chi connectivity index (χ2v) is 10.7. The Labute approximate surface area is 240 Å². The molecule has 2 aromatic carbocycles. The monoisotopic (exact) mass is 561 g/mol. The molecule has 11 nitrogen and oxygen atoms in total. The molecule has 0 spiro atoms. The Morgan fingerprint density at radius 1 is 0.762 bits per heavy atom. The van der Waals surface area contributed by atoms with Crippen LogP contribution in [0.25, 0.3) is 22.2 Å². The molecule has 0 saturated carbocycles. The number of hydrogen-bond acceptors (Lipinski definition) is 10. The number of benzene rings is 2. The van der Waals surface area contributed by atoms with Crippen molar-refractivity contribution < 1.29 is 18.5 Å². The number of rotatable bonds is 4. The first-order chi connectivity index (χ1) is 20.7. The lowest BCUT2D eigenvalue weighted by molar-refractivity contribution is 0.0714. The van der Waals surface area contributed by atoms with Gasteiger partial charge < -0.3 is 28.5 Å². The molecule has 0 radical (unpaired) electrons. The maximum atomic E-state index is 14.1. The van der Waals surface area contributed by atoms with Gasteiger partial charge in [-0.05, 0) is 24.3 Å². The van der Waals surface area contributed by atoms with E-state index in [1.54, 1.807) is 29.4 Å². The molecule has 0 N–H and O–H groups in total. The smallest absolute Gasteiger partial charge is 0.289 e. The zero-order chi connectivity index (χ0) is 28.2. The average molecular weight is 562 g/mol. The first-order valence-electron chi connectivity index (χ1n) is 14.1. The lowest BCUT2D eigenvalue weighted by Gasteiger charge is -2.39. The zero-order valence-corrected chi connectivity index (χ0v) is 22.8. The predicted octanol–water partition coefficient (Wildman–Crippen LogP) is 3.71. The molecule has 3 aliphatic rings. The minimum absolute atomic E-state index is 0.0343. The fraction of sp³-hybridized carbons (Fsp3) is 0.258. The van der Waals surface area contributed by atoms with Crippen molar-refractivity contribution in [3.05, 3.63) is 84.1 Å². The van der Waals surface area contributed by atoms with Gasteiger partial charge in [0.15, 0.2) is 17.3 Å². The van der Waals surface area contributed by atoms with E-state index in [0.717, 1.165) is 54.5 Å². The van der Waals surface area contributed by atoms with Crippen LogP contribution in [0, 0.1) is 0 Å². The summed E-state index contributed by atoms with van der Waals surface area (Å²) in [5, 5.41) is 5.30. The molecule has 11 heteroatoms. The van der Waals surface area contributed by atoms with Crippen molar-refractivity contribution in [2.45, 2.75) is 0 Å². The van der Waals surface area contributed by atoms with Gasteiger partial charge in [-0.25, -0.2) is 9.97 Å². The highest BCUT2D eigenvalue weighted by Crippen LogP contribution is 2.47. The Kier molecular flexibility index (Phi) is 5.69. The molecular weight excluding hydrogens is 534 g/mol. The van der Waals surface area contributed by atoms with Gasteiger partial charge in [0.25, 0.3) is 5.91 Å². The zero-order valence-electron chi connectivity index (χ0n) is 22.8. The number of piperazine rings is 2. The van der Waals surface area contributed by atoms with E-state index in [1.165, 1.54) is 6.26 Å². The summed E-state index contributed by atoms with van der Waals surface area (Å²) in [6.07, 6.45) is 5.03. The number of nitrogens with zero attached hydrogens (tertiary/aromatic N) is 7. The number of furan rings is 1. The largest absolute Gasteiger partial charge is 0.459 e. The van der Waals surface area contributed by atoms with Crippen LogP contribution in [-0.4, -0.2) is 84.1 Å². The van der Waals surface area contributed by atoms with Crippen LogP contribution in [0.15, 0.2) is 76.1 Å². The topological polar surface area (TPSA) is 112 Å². The van der Waals surface area contributed by atoms with E-state index in [1.807, 2.05) is 30.3 Å². The lowest BCUT2D eigenvalue weighted by atomic mass is 9.86. The van der Waals surface area contributed by atoms with Gasteiger partial charge in [-0.1, -0.05) is 29.4 Å². The van der Waals surface area contributed by atoms with Crippen LogP contribution < -0.4 is 14.7 Å². The summed E-state index contributed by atoms with van der Waals surface area (Å²) in [5.41, 5.74) is 4.48. The van der Waals surface area contributed by atoms with Gasteiger partial charge >= 0.3 is 0 Å². The van der Waals surface area contributed by atoms with Crippen molar-refractivity contribution in [2.75, 3.05) is 67.1 Å². The van der Waals surface area contributed by atoms with Crippen molar-refractivity contribution >= 4 is 39.9 Å². The number of carbonyl (C=O) groups excluding carboxylic acids is 2. The summed E-state index contributed by atoms with van der Waals surface area (Å²) >= 11 is 0. The molecule has 42 heavy (non-hydrogen) atoms. The summed E-state index contributed by atoms with van der Waals surface area (Å²) in [6, 6.07) is 14.9. The first-order valence-corrected chi connectivity index (χ1v) is 14.1. The molecule has 3 aromatic heterocycles. The number of carbonyl (C=O) groups is 2. The normalized spacial score (nSPS) is 16.7. The fourth-order valence-corrected chi connectivity index (χ4v) is 6.32. The second-order valence-electron chi connectivity index (χ2n) is 10.7. The number of amides is 1. The summed E-state index contributed by atoms with van der Waals surface area (Å²) in [6.45, 7) is 5.19. The summed E-state index contributed by atoms with van der Waals surface area (Å²) in [5.74, 6) is 1.53. The number of hydrogen-bond donors (Lipinski definition) is 0. The molecule has 0 unspecified atom stereocenters. The number of aromatic nitrogens is 3. The molecule has 2 aliphatic heterocycles. The highest BCUT2D eigenvalue weighted by atomic mass is 16.5. The summed E-state index contributed by atoms with van der Waals surface area (Å²) in [7, 11) is 0. The van der Waals surface area contributed by atoms with Gasteiger partial charge in [0, 0.05) is 75.9 Å². The fourth-order valence-electron chi connectivity index (χ4n) is 6.32. The third-order valence-corrected chi connectivity index (χ3v) is 8.45. The van der Waals surface area contributed by atoms with Crippen molar-refractivity contribution in [2.24, 2.45) is 0 Å². The Morgan fingerprint density at radius 2 is 1.45 bits per heavy atom. The van der Waals surface area contributed by atoms with E-state index in [9.17, 15) is 9.59 Å². The Hall–Kier alpha value is -5.19. The molecule has 5 heterocycles. The quantitative estimate of drug-likeness (QED) is 0.316. The Bertz CT molecular complexity index is 1800. The Morgan fingerprint density at radius 3 is 2.19 bits per heavy atom. The van der Waals surface area contributed by atoms with E-state index < -0.39 is 0 Å². The van der Waals surface area contributed by atoms with Crippen molar-refractivity contribution in [1.29, 1.82) is 0 Å². The van der Waals surface area contributed by atoms with Crippen LogP contribution in [0.4, 0.5) is 17.3 Å². The third-order valence-electron chi connectivity index (χ3n) is 8.45. The third kappa shape index (κ3) is 3.84. The van der Waals surface area contributed by atoms with E-state index in [2.05, 4.69) is 35.9 Å². The molecular formula is C31H27N7O4. The van der Waals surface area contributed by atoms with Crippen LogP contribution >= 0.6 is 0 Å². The maximum absolute atomic E-state index is 14.1. The molecule has 8 rings (SSSR count). The van der Waals surface area contributed by atoms with E-state index >= 15 is 0 Å². The maximum Gasteiger partial charge on any atom is 0.289 e. The molecule has 210 valence electrons. The minimum atomic E-state index is -0.122. The van der Waals surface area contributed by atoms with Crippen LogP contribution in [0.5, 0.6) is 0 Å². The highest BCUT2D eigenvalue weighted by molar-refractivity contribution is 6.28. The van der Waals surface area contributed by atoms with Crippen LogP contribution in [0.1, 0.15) is 26.5 Å². The van der Waals surface area contributed by atoms with Gasteiger partial charge in [0.2, 0.25) is 5.95 Å². The van der Waals surface area contributed by atoms with Crippen LogP contribution in [0.3, 0.4) is 0 Å². The van der Waals surface area contributed by atoms with Crippen LogP contribution in [0.2, 0.25) is 0 Å². The average Bonchev–Trinajstić information content (AvgIpc) is 3.75. The second kappa shape index (κ2) is 9.72. The van der Waals surface area contributed by atoms with Gasteiger partial charge in [-0.3, -0.25) is 9.59 Å². The molecule has 0 bridgehead atoms. The number of ketones is 1. The number of fused-ring (bicyclic) bond motifs is 2. The van der Waals surface area contributed by atoms with Gasteiger partial charge in [-0.15, -0.1) is 0 Å². The van der Waals surface area contributed by atoms with E-state index in [-0.39, 0.29) is 11.7 Å². The van der Waals surface area contributed by atoms with Crippen LogP contribution in [-0.2, 0) is 0 Å². The molecule has 1 aliphatic carbocycles. The van der Waals surface area contributed by atoms with Crippen molar-refractivity contribution in [1.82, 2.24) is 20.0 Å². The number of anilines is 3. The molecule has 2 saturated heterocycles. The van der Waals surface area contributed by atoms with E-state index in [0.29, 0.717) is 54.3 Å².